The molecule has 3 N–H and O–H groups in total. The molecule has 18 heavy (non-hydrogen) atoms. The van der Waals surface area contributed by atoms with E-state index in [0.717, 1.165) is 6.32 Å². The second-order valence-corrected chi connectivity index (χ2v) is 4.31. The molecule has 0 atom stereocenters. The molecule has 0 saturated carbocycles. The first-order chi connectivity index (χ1) is 8.81. The summed E-state index contributed by atoms with van der Waals surface area (Å²) in [5.41, 5.74) is 10.7. The number of allylic oxidation sites excluding steroid dienone is 4. The van der Waals surface area contributed by atoms with Crippen molar-refractivity contribution >= 4 is 23.9 Å². The van der Waals surface area contributed by atoms with Crippen LogP contribution in [-0.4, -0.2) is 12.4 Å². The Bertz CT molecular complexity index is 594. The highest BCUT2D eigenvalue weighted by Gasteiger charge is 2.12. The van der Waals surface area contributed by atoms with Gasteiger partial charge in [-0.25, -0.2) is 0 Å². The van der Waals surface area contributed by atoms with E-state index in [1.54, 1.807) is 0 Å². The summed E-state index contributed by atoms with van der Waals surface area (Å²) in [6.45, 7) is 4.10. The fraction of sp³-hybridized carbons (Fsp3) is 0.200. The van der Waals surface area contributed by atoms with Gasteiger partial charge in [-0.2, -0.15) is 0 Å². The van der Waals surface area contributed by atoms with Crippen molar-refractivity contribution in [3.05, 3.63) is 53.8 Å². The maximum absolute atomic E-state index is 5.74. The molecule has 0 amide bonds. The Morgan fingerprint density at radius 3 is 2.78 bits per heavy atom. The van der Waals surface area contributed by atoms with Crippen molar-refractivity contribution in [2.75, 3.05) is 0 Å². The number of nitrogens with two attached hydrogens (primary N) is 1. The van der Waals surface area contributed by atoms with E-state index in [0.29, 0.717) is 7.41 Å². The van der Waals surface area contributed by atoms with Crippen molar-refractivity contribution in [1.82, 2.24) is 4.98 Å². The van der Waals surface area contributed by atoms with Gasteiger partial charge in [0.1, 0.15) is 0 Å². The van der Waals surface area contributed by atoms with Crippen LogP contribution in [0.3, 0.4) is 0 Å². The molecule has 0 saturated heterocycles. The SMILES string of the molecule is C/C=C\C(=C/C)c1[nH]c2ccccc2c1CBN. The van der Waals surface area contributed by atoms with Gasteiger partial charge in [0.15, 0.2) is 0 Å². The Balaban J connectivity index is 2.65. The molecule has 2 nitrogen and oxygen atoms in total. The van der Waals surface area contributed by atoms with E-state index in [2.05, 4.69) is 54.4 Å². The number of hydrogen-bond donors (Lipinski definition) is 2. The van der Waals surface area contributed by atoms with Gasteiger partial charge in [-0.15, -0.1) is 0 Å². The van der Waals surface area contributed by atoms with Crippen LogP contribution in [0.1, 0.15) is 25.1 Å². The first-order valence-electron chi connectivity index (χ1n) is 6.40. The number of H-pyrrole nitrogens is 1. The molecule has 0 radical (unpaired) electrons. The lowest BCUT2D eigenvalue weighted by Gasteiger charge is -2.03. The van der Waals surface area contributed by atoms with Crippen LogP contribution in [0, 0.1) is 0 Å². The second kappa shape index (κ2) is 5.74. The Morgan fingerprint density at radius 1 is 1.33 bits per heavy atom. The number of para-hydroxylation sites is 1. The predicted octanol–water partition coefficient (Wildman–Crippen LogP) is 2.96. The van der Waals surface area contributed by atoms with Gasteiger partial charge in [0.2, 0.25) is 7.41 Å². The Labute approximate surface area is 109 Å². The van der Waals surface area contributed by atoms with Crippen molar-refractivity contribution in [1.29, 1.82) is 0 Å². The molecule has 3 heteroatoms. The monoisotopic (exact) mass is 238 g/mol. The molecule has 0 aliphatic heterocycles. The highest BCUT2D eigenvalue weighted by Crippen LogP contribution is 2.28. The fourth-order valence-electron chi connectivity index (χ4n) is 2.35. The summed E-state index contributed by atoms with van der Waals surface area (Å²) in [6.07, 6.45) is 7.22. The zero-order valence-electron chi connectivity index (χ0n) is 11.0. The maximum atomic E-state index is 5.74. The van der Waals surface area contributed by atoms with Crippen molar-refractivity contribution in [2.24, 2.45) is 5.64 Å². The lowest BCUT2D eigenvalue weighted by atomic mass is 9.84. The van der Waals surface area contributed by atoms with Crippen LogP contribution in [0.5, 0.6) is 0 Å². The third-order valence-electron chi connectivity index (χ3n) is 3.15. The van der Waals surface area contributed by atoms with E-state index < -0.39 is 0 Å². The van der Waals surface area contributed by atoms with E-state index in [1.165, 1.54) is 27.7 Å². The van der Waals surface area contributed by atoms with E-state index >= 15 is 0 Å². The molecule has 1 aromatic carbocycles. The molecule has 0 bridgehead atoms. The van der Waals surface area contributed by atoms with Gasteiger partial charge in [0, 0.05) is 16.6 Å². The number of nitrogens with one attached hydrogen (secondary N) is 1. The van der Waals surface area contributed by atoms with E-state index in [1.807, 2.05) is 6.92 Å². The van der Waals surface area contributed by atoms with Gasteiger partial charge in [-0.1, -0.05) is 36.4 Å². The lowest BCUT2D eigenvalue weighted by molar-refractivity contribution is 1.31. The van der Waals surface area contributed by atoms with Crippen LogP contribution < -0.4 is 5.64 Å². The average Bonchev–Trinajstić information content (AvgIpc) is 2.76. The minimum absolute atomic E-state index is 0.668. The Kier molecular flexibility index (Phi) is 4.05. The summed E-state index contributed by atoms with van der Waals surface area (Å²) in [5, 5.41) is 1.28. The normalized spacial score (nSPS) is 12.5. The van der Waals surface area contributed by atoms with E-state index in [-0.39, 0.29) is 0 Å². The summed E-state index contributed by atoms with van der Waals surface area (Å²) in [7, 11) is 0.668. The zero-order chi connectivity index (χ0) is 13.0. The quantitative estimate of drug-likeness (QED) is 0.624. The van der Waals surface area contributed by atoms with Crippen molar-refractivity contribution in [3.8, 4) is 0 Å². The largest absolute Gasteiger partial charge is 0.372 e. The molecule has 0 aliphatic carbocycles. The fourth-order valence-corrected chi connectivity index (χ4v) is 2.35. The highest BCUT2D eigenvalue weighted by atomic mass is 14.7. The third-order valence-corrected chi connectivity index (χ3v) is 3.15. The smallest absolute Gasteiger partial charge is 0.203 e. The van der Waals surface area contributed by atoms with Crippen LogP contribution in [-0.2, 0) is 6.32 Å². The van der Waals surface area contributed by atoms with Crippen molar-refractivity contribution in [3.63, 3.8) is 0 Å². The number of hydrogen-bond acceptors (Lipinski definition) is 1. The minimum atomic E-state index is 0.668. The molecular weight excluding hydrogens is 219 g/mol. The summed E-state index contributed by atoms with van der Waals surface area (Å²) >= 11 is 0. The van der Waals surface area contributed by atoms with Crippen molar-refractivity contribution in [2.45, 2.75) is 20.2 Å². The van der Waals surface area contributed by atoms with Gasteiger partial charge in [-0.3, -0.25) is 0 Å². The third kappa shape index (κ3) is 2.27. The number of benzene rings is 1. The predicted molar refractivity (Wildman–Crippen MR) is 81.8 cm³/mol. The molecule has 1 aromatic heterocycles. The molecular formula is C15H19BN2. The molecule has 2 aromatic rings. The minimum Gasteiger partial charge on any atom is -0.372 e. The van der Waals surface area contributed by atoms with Crippen LogP contribution >= 0.6 is 0 Å². The Hall–Kier alpha value is -1.74. The molecule has 0 aliphatic rings. The van der Waals surface area contributed by atoms with Crippen LogP contribution in [0.2, 0.25) is 0 Å². The van der Waals surface area contributed by atoms with E-state index in [9.17, 15) is 0 Å². The molecule has 0 fully saturated rings. The molecule has 1 heterocycles. The topological polar surface area (TPSA) is 41.8 Å². The summed E-state index contributed by atoms with van der Waals surface area (Å²) in [5.74, 6) is 0. The van der Waals surface area contributed by atoms with Gasteiger partial charge in [0.05, 0.1) is 0 Å². The van der Waals surface area contributed by atoms with E-state index in [4.69, 9.17) is 5.64 Å². The Morgan fingerprint density at radius 2 is 2.11 bits per heavy atom. The number of aromatic nitrogens is 1. The van der Waals surface area contributed by atoms with Crippen LogP contribution in [0.25, 0.3) is 16.5 Å². The molecule has 92 valence electrons. The summed E-state index contributed by atoms with van der Waals surface area (Å²) < 4.78 is 0. The second-order valence-electron chi connectivity index (χ2n) is 4.31. The maximum Gasteiger partial charge on any atom is 0.203 e. The van der Waals surface area contributed by atoms with Crippen molar-refractivity contribution < 1.29 is 0 Å². The molecule has 0 unspecified atom stereocenters. The van der Waals surface area contributed by atoms with Gasteiger partial charge in [0.25, 0.3) is 0 Å². The van der Waals surface area contributed by atoms with Crippen LogP contribution in [0.4, 0.5) is 0 Å². The summed E-state index contributed by atoms with van der Waals surface area (Å²) in [6, 6.07) is 8.40. The number of aromatic amines is 1. The number of rotatable bonds is 4. The first kappa shape index (κ1) is 12.7. The van der Waals surface area contributed by atoms with Crippen LogP contribution in [0.15, 0.2) is 42.5 Å². The van der Waals surface area contributed by atoms with Gasteiger partial charge in [-0.05, 0) is 37.4 Å². The average molecular weight is 238 g/mol. The van der Waals surface area contributed by atoms with Gasteiger partial charge >= 0.3 is 0 Å². The molecule has 2 rings (SSSR count). The zero-order valence-corrected chi connectivity index (χ0v) is 11.0. The number of fused-ring (bicyclic) bond motifs is 1. The first-order valence-corrected chi connectivity index (χ1v) is 6.40. The standard InChI is InChI=1S/C15H19BN2/c1-3-7-11(4-2)15-13(10-16-17)12-8-5-6-9-14(12)18-15/h3-9,16,18H,10,17H2,1-2H3/b7-3-,11-4+. The molecule has 0 spiro atoms. The summed E-state index contributed by atoms with van der Waals surface area (Å²) in [4.78, 5) is 3.51. The lowest BCUT2D eigenvalue weighted by Crippen LogP contribution is -2.09. The highest BCUT2D eigenvalue weighted by molar-refractivity contribution is 6.31. The van der Waals surface area contributed by atoms with Gasteiger partial charge < -0.3 is 10.6 Å².